The number of carbonyl (C=O) groups is 2. The van der Waals surface area contributed by atoms with E-state index in [0.717, 1.165) is 16.1 Å². The topological polar surface area (TPSA) is 86.8 Å². The molecule has 2 amide bonds. The Kier molecular flexibility index (Phi) is 11.2. The molecule has 3 aromatic carbocycles. The SMILES string of the molecule is CCCNC(=O)[C@H](Cc1ccccc1)N(Cc1ccc(F)cc1)C(=O)CCCN(c1ccccc1F)S(C)(=O)=O. The Morgan fingerprint density at radius 1 is 0.900 bits per heavy atom. The molecule has 1 N–H and O–H groups in total. The molecule has 3 aromatic rings. The maximum Gasteiger partial charge on any atom is 0.243 e. The predicted molar refractivity (Wildman–Crippen MR) is 152 cm³/mol. The number of hydrogen-bond acceptors (Lipinski definition) is 4. The second-order valence-corrected chi connectivity index (χ2v) is 11.4. The van der Waals surface area contributed by atoms with Gasteiger partial charge in [-0.1, -0.05) is 61.5 Å². The van der Waals surface area contributed by atoms with E-state index in [1.165, 1.54) is 41.3 Å². The predicted octanol–water partition coefficient (Wildman–Crippen LogP) is 4.68. The maximum atomic E-state index is 14.4. The van der Waals surface area contributed by atoms with Gasteiger partial charge in [0.25, 0.3) is 0 Å². The molecule has 214 valence electrons. The first-order chi connectivity index (χ1) is 19.1. The van der Waals surface area contributed by atoms with E-state index in [-0.39, 0.29) is 49.9 Å². The van der Waals surface area contributed by atoms with Crippen LogP contribution in [0.3, 0.4) is 0 Å². The van der Waals surface area contributed by atoms with Gasteiger partial charge in [0.05, 0.1) is 11.9 Å². The molecule has 0 saturated heterocycles. The molecular weight excluding hydrogens is 536 g/mol. The first-order valence-electron chi connectivity index (χ1n) is 13.2. The number of nitrogens with zero attached hydrogens (tertiary/aromatic N) is 2. The molecule has 0 heterocycles. The minimum atomic E-state index is -3.82. The van der Waals surface area contributed by atoms with Gasteiger partial charge in [-0.2, -0.15) is 0 Å². The summed E-state index contributed by atoms with van der Waals surface area (Å²) in [5, 5.41) is 2.88. The van der Waals surface area contributed by atoms with Gasteiger partial charge in [0.1, 0.15) is 17.7 Å². The fourth-order valence-electron chi connectivity index (χ4n) is 4.34. The summed E-state index contributed by atoms with van der Waals surface area (Å²) < 4.78 is 53.8. The van der Waals surface area contributed by atoms with Crippen LogP contribution >= 0.6 is 0 Å². The number of sulfonamides is 1. The van der Waals surface area contributed by atoms with Gasteiger partial charge in [0.2, 0.25) is 21.8 Å². The molecule has 1 atom stereocenters. The molecule has 0 spiro atoms. The zero-order valence-electron chi connectivity index (χ0n) is 22.7. The van der Waals surface area contributed by atoms with Crippen molar-refractivity contribution >= 4 is 27.5 Å². The minimum Gasteiger partial charge on any atom is -0.354 e. The van der Waals surface area contributed by atoms with Crippen molar-refractivity contribution in [1.82, 2.24) is 10.2 Å². The Balaban J connectivity index is 1.87. The Morgan fingerprint density at radius 3 is 2.17 bits per heavy atom. The number of amides is 2. The van der Waals surface area contributed by atoms with Crippen LogP contribution in [0.2, 0.25) is 0 Å². The average Bonchev–Trinajstić information content (AvgIpc) is 2.93. The quantitative estimate of drug-likeness (QED) is 0.305. The summed E-state index contributed by atoms with van der Waals surface area (Å²) in [5.74, 6) is -1.80. The average molecular weight is 572 g/mol. The van der Waals surface area contributed by atoms with Crippen molar-refractivity contribution < 1.29 is 26.8 Å². The van der Waals surface area contributed by atoms with E-state index in [1.54, 1.807) is 12.1 Å². The fraction of sp³-hybridized carbons (Fsp3) is 0.333. The summed E-state index contributed by atoms with van der Waals surface area (Å²) >= 11 is 0. The van der Waals surface area contributed by atoms with Crippen LogP contribution in [0.5, 0.6) is 0 Å². The number of anilines is 1. The third kappa shape index (κ3) is 8.87. The second kappa shape index (κ2) is 14.6. The van der Waals surface area contributed by atoms with Gasteiger partial charge < -0.3 is 10.2 Å². The van der Waals surface area contributed by atoms with E-state index in [0.29, 0.717) is 18.5 Å². The third-order valence-corrected chi connectivity index (χ3v) is 7.54. The second-order valence-electron chi connectivity index (χ2n) is 9.53. The van der Waals surface area contributed by atoms with Crippen LogP contribution in [0.25, 0.3) is 0 Å². The third-order valence-electron chi connectivity index (χ3n) is 6.36. The normalized spacial score (nSPS) is 12.0. The van der Waals surface area contributed by atoms with Crippen molar-refractivity contribution in [3.05, 3.63) is 102 Å². The molecule has 0 aliphatic carbocycles. The summed E-state index contributed by atoms with van der Waals surface area (Å²) in [6, 6.07) is 19.7. The summed E-state index contributed by atoms with van der Waals surface area (Å²) in [6.45, 7) is 2.30. The van der Waals surface area contributed by atoms with Crippen LogP contribution in [0.15, 0.2) is 78.9 Å². The summed E-state index contributed by atoms with van der Waals surface area (Å²) in [6.07, 6.45) is 1.96. The molecule has 40 heavy (non-hydrogen) atoms. The van der Waals surface area contributed by atoms with Crippen molar-refractivity contribution in [2.45, 2.75) is 45.2 Å². The van der Waals surface area contributed by atoms with Crippen molar-refractivity contribution in [3.8, 4) is 0 Å². The van der Waals surface area contributed by atoms with E-state index >= 15 is 0 Å². The standard InChI is InChI=1S/C30H35F2N3O4S/c1-3-19-33-30(37)28(21-23-10-5-4-6-11-23)34(22-24-15-17-25(31)18-16-24)29(36)14-9-20-35(40(2,38)39)27-13-8-7-12-26(27)32/h4-8,10-13,15-18,28H,3,9,14,19-22H2,1-2H3,(H,33,37)/t28-/m0/s1. The van der Waals surface area contributed by atoms with Crippen molar-refractivity contribution in [2.24, 2.45) is 0 Å². The number of para-hydroxylation sites is 1. The van der Waals surface area contributed by atoms with Crippen LogP contribution in [-0.4, -0.2) is 50.5 Å². The highest BCUT2D eigenvalue weighted by molar-refractivity contribution is 7.92. The van der Waals surface area contributed by atoms with Crippen molar-refractivity contribution in [3.63, 3.8) is 0 Å². The first-order valence-corrected chi connectivity index (χ1v) is 15.0. The lowest BCUT2D eigenvalue weighted by molar-refractivity contribution is -0.141. The van der Waals surface area contributed by atoms with Crippen LogP contribution in [-0.2, 0) is 32.6 Å². The number of rotatable bonds is 14. The molecule has 7 nitrogen and oxygen atoms in total. The van der Waals surface area contributed by atoms with Crippen LogP contribution in [0.1, 0.15) is 37.3 Å². The first kappa shape index (κ1) is 30.7. The number of nitrogens with one attached hydrogen (secondary N) is 1. The number of carbonyl (C=O) groups excluding carboxylic acids is 2. The molecule has 0 aliphatic rings. The molecule has 0 bridgehead atoms. The van der Waals surface area contributed by atoms with Crippen molar-refractivity contribution in [2.75, 3.05) is 23.7 Å². The highest BCUT2D eigenvalue weighted by Gasteiger charge is 2.30. The van der Waals surface area contributed by atoms with Gasteiger partial charge in [-0.3, -0.25) is 13.9 Å². The van der Waals surface area contributed by atoms with Gasteiger partial charge >= 0.3 is 0 Å². The van der Waals surface area contributed by atoms with Gasteiger partial charge in [-0.25, -0.2) is 17.2 Å². The Labute approximate surface area is 234 Å². The highest BCUT2D eigenvalue weighted by atomic mass is 32.2. The smallest absolute Gasteiger partial charge is 0.243 e. The lowest BCUT2D eigenvalue weighted by Gasteiger charge is -2.32. The zero-order chi connectivity index (χ0) is 29.1. The molecule has 0 unspecified atom stereocenters. The van der Waals surface area contributed by atoms with Crippen LogP contribution in [0, 0.1) is 11.6 Å². The largest absolute Gasteiger partial charge is 0.354 e. The molecule has 0 aliphatic heterocycles. The summed E-state index contributed by atoms with van der Waals surface area (Å²) in [7, 11) is -3.82. The van der Waals surface area contributed by atoms with Gasteiger partial charge in [-0.15, -0.1) is 0 Å². The van der Waals surface area contributed by atoms with E-state index in [1.807, 2.05) is 37.3 Å². The molecule has 0 aromatic heterocycles. The van der Waals surface area contributed by atoms with Gasteiger partial charge in [-0.05, 0) is 48.2 Å². The summed E-state index contributed by atoms with van der Waals surface area (Å²) in [4.78, 5) is 28.5. The van der Waals surface area contributed by atoms with E-state index in [4.69, 9.17) is 0 Å². The molecule has 0 fully saturated rings. The van der Waals surface area contributed by atoms with Crippen molar-refractivity contribution in [1.29, 1.82) is 0 Å². The lowest BCUT2D eigenvalue weighted by Crippen LogP contribution is -2.50. The Hall–Kier alpha value is -3.79. The number of benzene rings is 3. The van der Waals surface area contributed by atoms with Gasteiger partial charge in [0.15, 0.2) is 0 Å². The van der Waals surface area contributed by atoms with E-state index < -0.39 is 27.7 Å². The Bertz CT molecular complexity index is 1370. The van der Waals surface area contributed by atoms with Crippen LogP contribution < -0.4 is 9.62 Å². The molecule has 10 heteroatoms. The van der Waals surface area contributed by atoms with E-state index in [9.17, 15) is 26.8 Å². The maximum absolute atomic E-state index is 14.4. The number of hydrogen-bond donors (Lipinski definition) is 1. The zero-order valence-corrected chi connectivity index (χ0v) is 23.5. The lowest BCUT2D eigenvalue weighted by atomic mass is 10.0. The summed E-state index contributed by atoms with van der Waals surface area (Å²) in [5.41, 5.74) is 1.40. The van der Waals surface area contributed by atoms with Crippen LogP contribution in [0.4, 0.5) is 14.5 Å². The molecule has 0 saturated carbocycles. The molecule has 0 radical (unpaired) electrons. The Morgan fingerprint density at radius 2 is 1.55 bits per heavy atom. The van der Waals surface area contributed by atoms with Gasteiger partial charge in [0, 0.05) is 32.5 Å². The monoisotopic (exact) mass is 571 g/mol. The minimum absolute atomic E-state index is 0.0548. The molecule has 3 rings (SSSR count). The fourth-order valence-corrected chi connectivity index (χ4v) is 5.31. The highest BCUT2D eigenvalue weighted by Crippen LogP contribution is 2.23. The molecular formula is C30H35F2N3O4S. The number of halogens is 2. The van der Waals surface area contributed by atoms with E-state index in [2.05, 4.69) is 5.32 Å².